The first kappa shape index (κ1) is 19.4. The van der Waals surface area contributed by atoms with Crippen LogP contribution in [0.5, 0.6) is 11.5 Å². The monoisotopic (exact) mass is 382 g/mol. The number of allylic oxidation sites excluding steroid dienone is 1. The Morgan fingerprint density at radius 2 is 1.68 bits per heavy atom. The van der Waals surface area contributed by atoms with Crippen LogP contribution in [0.2, 0.25) is 0 Å². The van der Waals surface area contributed by atoms with Crippen molar-refractivity contribution in [2.45, 2.75) is 13.0 Å². The van der Waals surface area contributed by atoms with Gasteiger partial charge in [0, 0.05) is 12.8 Å². The van der Waals surface area contributed by atoms with Crippen molar-refractivity contribution in [1.29, 1.82) is 0 Å². The van der Waals surface area contributed by atoms with E-state index in [1.165, 1.54) is 7.11 Å². The molecule has 1 unspecified atom stereocenters. The van der Waals surface area contributed by atoms with Gasteiger partial charge in [-0.3, -0.25) is 0 Å². The maximum atomic E-state index is 12.5. The maximum Gasteiger partial charge on any atom is 0.338 e. The van der Waals surface area contributed by atoms with Crippen molar-refractivity contribution in [1.82, 2.24) is 10.6 Å². The summed E-state index contributed by atoms with van der Waals surface area (Å²) < 4.78 is 15.9. The minimum Gasteiger partial charge on any atom is -0.460 e. The number of urea groups is 1. The number of nitrogens with one attached hydrogen (secondary N) is 2. The van der Waals surface area contributed by atoms with E-state index in [0.717, 1.165) is 11.3 Å². The van der Waals surface area contributed by atoms with Gasteiger partial charge in [0.25, 0.3) is 0 Å². The fourth-order valence-electron chi connectivity index (χ4n) is 2.86. The first-order valence-electron chi connectivity index (χ1n) is 8.85. The van der Waals surface area contributed by atoms with Crippen LogP contribution in [0.1, 0.15) is 18.5 Å². The van der Waals surface area contributed by atoms with Gasteiger partial charge >= 0.3 is 12.0 Å². The molecule has 1 heterocycles. The Morgan fingerprint density at radius 3 is 2.36 bits per heavy atom. The number of amides is 2. The summed E-state index contributed by atoms with van der Waals surface area (Å²) in [7, 11) is 1.53. The fraction of sp³-hybridized carbons (Fsp3) is 0.238. The van der Waals surface area contributed by atoms with Crippen LogP contribution in [-0.4, -0.2) is 32.3 Å². The van der Waals surface area contributed by atoms with Crippen molar-refractivity contribution in [3.63, 3.8) is 0 Å². The number of esters is 1. The molecule has 28 heavy (non-hydrogen) atoms. The quantitative estimate of drug-likeness (QED) is 0.567. The number of ether oxygens (including phenoxy) is 3. The number of hydrogen-bond acceptors (Lipinski definition) is 5. The third-order valence-electron chi connectivity index (χ3n) is 4.20. The predicted molar refractivity (Wildman–Crippen MR) is 103 cm³/mol. The van der Waals surface area contributed by atoms with Gasteiger partial charge in [0.1, 0.15) is 18.1 Å². The second kappa shape index (κ2) is 9.05. The number of carbonyl (C=O) groups is 2. The summed E-state index contributed by atoms with van der Waals surface area (Å²) in [4.78, 5) is 24.5. The molecule has 2 amide bonds. The first-order chi connectivity index (χ1) is 13.6. The Balaban J connectivity index is 1.80. The topological polar surface area (TPSA) is 85.9 Å². The molecular formula is C21H22N2O5. The number of benzene rings is 2. The number of carbonyl (C=O) groups excluding carboxylic acids is 2. The summed E-state index contributed by atoms with van der Waals surface area (Å²) in [6.45, 7) is 2.11. The Kier molecular flexibility index (Phi) is 6.29. The van der Waals surface area contributed by atoms with Gasteiger partial charge in [0.15, 0.2) is 0 Å². The number of para-hydroxylation sites is 1. The Morgan fingerprint density at radius 1 is 1.00 bits per heavy atom. The molecular weight excluding hydrogens is 360 g/mol. The summed E-state index contributed by atoms with van der Waals surface area (Å²) in [5.41, 5.74) is 1.56. The predicted octanol–water partition coefficient (Wildman–Crippen LogP) is 3.30. The lowest BCUT2D eigenvalue weighted by atomic mass is 9.95. The second-order valence-corrected chi connectivity index (χ2v) is 6.18. The Labute approximate surface area is 163 Å². The molecule has 0 spiro atoms. The molecule has 0 radical (unpaired) electrons. The smallest absolute Gasteiger partial charge is 0.338 e. The highest BCUT2D eigenvalue weighted by molar-refractivity contribution is 5.95. The molecule has 1 aliphatic rings. The van der Waals surface area contributed by atoms with Crippen molar-refractivity contribution in [2.75, 3.05) is 20.3 Å². The Bertz CT molecular complexity index is 862. The van der Waals surface area contributed by atoms with Crippen molar-refractivity contribution >= 4 is 12.0 Å². The van der Waals surface area contributed by atoms with Crippen LogP contribution < -0.4 is 15.4 Å². The van der Waals surface area contributed by atoms with Gasteiger partial charge < -0.3 is 24.8 Å². The van der Waals surface area contributed by atoms with Crippen LogP contribution in [0.3, 0.4) is 0 Å². The molecule has 146 valence electrons. The van der Waals surface area contributed by atoms with Crippen molar-refractivity contribution in [3.8, 4) is 11.5 Å². The molecule has 0 fully saturated rings. The maximum absolute atomic E-state index is 12.5. The molecule has 2 N–H and O–H groups in total. The third kappa shape index (κ3) is 4.69. The summed E-state index contributed by atoms with van der Waals surface area (Å²) in [5, 5.41) is 5.39. The lowest BCUT2D eigenvalue weighted by Crippen LogP contribution is -2.45. The number of methoxy groups -OCH3 is 1. The van der Waals surface area contributed by atoms with Crippen LogP contribution in [-0.2, 0) is 14.3 Å². The van der Waals surface area contributed by atoms with Gasteiger partial charge in [-0.15, -0.1) is 0 Å². The average Bonchev–Trinajstić information content (AvgIpc) is 2.69. The van der Waals surface area contributed by atoms with Crippen LogP contribution in [0.25, 0.3) is 0 Å². The van der Waals surface area contributed by atoms with E-state index in [0.29, 0.717) is 23.6 Å². The minimum absolute atomic E-state index is 0.136. The Hall–Kier alpha value is -3.32. The van der Waals surface area contributed by atoms with Gasteiger partial charge in [-0.1, -0.05) is 30.3 Å². The highest BCUT2D eigenvalue weighted by Crippen LogP contribution is 2.30. The van der Waals surface area contributed by atoms with Gasteiger partial charge in [-0.25, -0.2) is 9.59 Å². The molecule has 0 saturated heterocycles. The normalized spacial score (nSPS) is 16.2. The van der Waals surface area contributed by atoms with E-state index in [9.17, 15) is 9.59 Å². The molecule has 3 rings (SSSR count). The van der Waals surface area contributed by atoms with Crippen LogP contribution >= 0.6 is 0 Å². The summed E-state index contributed by atoms with van der Waals surface area (Å²) >= 11 is 0. The van der Waals surface area contributed by atoms with E-state index in [1.807, 2.05) is 42.5 Å². The zero-order valence-electron chi connectivity index (χ0n) is 15.7. The van der Waals surface area contributed by atoms with Crippen LogP contribution in [0.4, 0.5) is 4.79 Å². The lowest BCUT2D eigenvalue weighted by molar-refractivity contribution is -0.140. The van der Waals surface area contributed by atoms with E-state index in [1.54, 1.807) is 19.1 Å². The third-order valence-corrected chi connectivity index (χ3v) is 4.20. The zero-order chi connectivity index (χ0) is 19.9. The highest BCUT2D eigenvalue weighted by atomic mass is 16.6. The molecule has 2 aromatic rings. The lowest BCUT2D eigenvalue weighted by Gasteiger charge is -2.28. The van der Waals surface area contributed by atoms with E-state index in [4.69, 9.17) is 14.2 Å². The van der Waals surface area contributed by atoms with Gasteiger partial charge in [-0.2, -0.15) is 0 Å². The molecule has 7 nitrogen and oxygen atoms in total. The number of hydrogen-bond donors (Lipinski definition) is 2. The molecule has 0 bridgehead atoms. The molecule has 0 saturated carbocycles. The first-order valence-corrected chi connectivity index (χ1v) is 8.85. The molecule has 1 aliphatic heterocycles. The molecule has 1 atom stereocenters. The largest absolute Gasteiger partial charge is 0.460 e. The molecule has 2 aromatic carbocycles. The van der Waals surface area contributed by atoms with E-state index >= 15 is 0 Å². The zero-order valence-corrected chi connectivity index (χ0v) is 15.7. The second-order valence-electron chi connectivity index (χ2n) is 6.18. The molecule has 7 heteroatoms. The van der Waals surface area contributed by atoms with Gasteiger partial charge in [-0.05, 0) is 36.8 Å². The van der Waals surface area contributed by atoms with Crippen LogP contribution in [0.15, 0.2) is 65.9 Å². The number of rotatable bonds is 7. The summed E-state index contributed by atoms with van der Waals surface area (Å²) in [6.07, 6.45) is 0. The van der Waals surface area contributed by atoms with Gasteiger partial charge in [0.05, 0.1) is 18.2 Å². The van der Waals surface area contributed by atoms with Crippen molar-refractivity contribution < 1.29 is 23.8 Å². The van der Waals surface area contributed by atoms with Crippen molar-refractivity contribution in [2.24, 2.45) is 0 Å². The summed E-state index contributed by atoms with van der Waals surface area (Å²) in [5.74, 6) is 0.875. The SMILES string of the molecule is COCCOC(=O)C1=C(C)NC(=O)NC1c1ccc(Oc2ccccc2)cc1. The summed E-state index contributed by atoms with van der Waals surface area (Å²) in [6, 6.07) is 15.6. The highest BCUT2D eigenvalue weighted by Gasteiger charge is 2.32. The molecule has 0 aromatic heterocycles. The fourth-order valence-corrected chi connectivity index (χ4v) is 2.86. The minimum atomic E-state index is -0.616. The van der Waals surface area contributed by atoms with E-state index < -0.39 is 12.0 Å². The average molecular weight is 382 g/mol. The van der Waals surface area contributed by atoms with E-state index in [2.05, 4.69) is 10.6 Å². The van der Waals surface area contributed by atoms with E-state index in [-0.39, 0.29) is 12.6 Å². The molecule has 0 aliphatic carbocycles. The standard InChI is InChI=1S/C21H22N2O5/c1-14-18(20(24)27-13-12-26-2)19(23-21(25)22-14)15-8-10-17(11-9-15)28-16-6-4-3-5-7-16/h3-11,19H,12-13H2,1-2H3,(H2,22,23,25). The van der Waals surface area contributed by atoms with Crippen LogP contribution in [0, 0.1) is 0 Å². The van der Waals surface area contributed by atoms with Crippen molar-refractivity contribution in [3.05, 3.63) is 71.4 Å². The van der Waals surface area contributed by atoms with Gasteiger partial charge in [0.2, 0.25) is 0 Å².